The normalized spacial score (nSPS) is 12.1. The van der Waals surface area contributed by atoms with Gasteiger partial charge in [-0.05, 0) is 38.3 Å². The van der Waals surface area contributed by atoms with Crippen molar-refractivity contribution in [2.45, 2.75) is 96.2 Å². The van der Waals surface area contributed by atoms with Gasteiger partial charge in [-0.15, -0.1) is 0 Å². The van der Waals surface area contributed by atoms with E-state index in [2.05, 4.69) is 75.9 Å². The second-order valence-electron chi connectivity index (χ2n) is 12.0. The van der Waals surface area contributed by atoms with E-state index in [0.29, 0.717) is 26.1 Å². The molecule has 0 aliphatic rings. The third-order valence-corrected chi connectivity index (χ3v) is 14.7. The highest BCUT2D eigenvalue weighted by atomic mass is 28.3. The van der Waals surface area contributed by atoms with Crippen molar-refractivity contribution < 1.29 is 23.9 Å². The predicted molar refractivity (Wildman–Crippen MR) is 168 cm³/mol. The largest absolute Gasteiger partial charge is 0.447 e. The van der Waals surface area contributed by atoms with Crippen LogP contribution in [-0.4, -0.2) is 59.2 Å². The van der Waals surface area contributed by atoms with Crippen molar-refractivity contribution in [2.75, 3.05) is 19.8 Å². The molecular weight excluding hydrogens is 523 g/mol. The summed E-state index contributed by atoms with van der Waals surface area (Å²) in [5.74, 6) is -0.221. The zero-order valence-corrected chi connectivity index (χ0v) is 27.2. The van der Waals surface area contributed by atoms with E-state index < -0.39 is 27.8 Å². The molecule has 1 N–H and O–H groups in total. The second kappa shape index (κ2) is 16.7. The number of benzene rings is 1. The van der Waals surface area contributed by atoms with E-state index in [1.54, 1.807) is 5.19 Å². The molecule has 218 valence electrons. The van der Waals surface area contributed by atoms with Gasteiger partial charge in [0, 0.05) is 25.0 Å². The number of hydrogen-bond donors (Lipinski definition) is 1. The topological polar surface area (TPSA) is 81.7 Å². The van der Waals surface area contributed by atoms with Gasteiger partial charge in [0.2, 0.25) is 0 Å². The average Bonchev–Trinajstić information content (AvgIpc) is 2.89. The van der Waals surface area contributed by atoms with Crippen molar-refractivity contribution in [3.63, 3.8) is 0 Å². The van der Waals surface area contributed by atoms with E-state index in [9.17, 15) is 14.4 Å². The zero-order chi connectivity index (χ0) is 29.5. The number of ketones is 2. The molecule has 0 radical (unpaired) electrons. The van der Waals surface area contributed by atoms with Crippen LogP contribution in [0.5, 0.6) is 0 Å². The molecule has 0 saturated carbocycles. The van der Waals surface area contributed by atoms with E-state index >= 15 is 0 Å². The Labute approximate surface area is 238 Å². The Balaban J connectivity index is 2.43. The minimum Gasteiger partial charge on any atom is -0.447 e. The molecule has 39 heavy (non-hydrogen) atoms. The molecule has 1 aromatic rings. The average molecular weight is 574 g/mol. The third-order valence-electron chi connectivity index (χ3n) is 7.58. The molecule has 0 aliphatic carbocycles. The first kappa shape index (κ1) is 34.7. The van der Waals surface area contributed by atoms with Gasteiger partial charge in [-0.25, -0.2) is 4.79 Å². The SMILES string of the molecule is C=CC(=O)CCC(C)(CCC(=O)C=C)NC(=O)OCCOCCC[Si](C)(C)c1ccc([Si](C)(C)CCC)cc1. The van der Waals surface area contributed by atoms with E-state index in [-0.39, 0.29) is 31.0 Å². The summed E-state index contributed by atoms with van der Waals surface area (Å²) in [6.07, 6.45) is 5.39. The van der Waals surface area contributed by atoms with Crippen LogP contribution in [0.25, 0.3) is 0 Å². The van der Waals surface area contributed by atoms with E-state index in [1.807, 2.05) is 6.92 Å². The molecule has 0 aliphatic heterocycles. The van der Waals surface area contributed by atoms with Gasteiger partial charge in [0.05, 0.1) is 22.8 Å². The summed E-state index contributed by atoms with van der Waals surface area (Å²) in [6.45, 7) is 21.9. The van der Waals surface area contributed by atoms with Crippen LogP contribution in [-0.2, 0) is 19.1 Å². The lowest BCUT2D eigenvalue weighted by molar-refractivity contribution is -0.115. The van der Waals surface area contributed by atoms with Gasteiger partial charge in [-0.2, -0.15) is 0 Å². The van der Waals surface area contributed by atoms with Crippen molar-refractivity contribution in [3.05, 3.63) is 49.6 Å². The Bertz CT molecular complexity index is 932. The van der Waals surface area contributed by atoms with Gasteiger partial charge in [-0.3, -0.25) is 9.59 Å². The number of alkyl carbamates (subject to hydrolysis) is 1. The second-order valence-corrected chi connectivity index (χ2v) is 21.7. The van der Waals surface area contributed by atoms with Gasteiger partial charge in [0.1, 0.15) is 6.61 Å². The highest BCUT2D eigenvalue weighted by Crippen LogP contribution is 2.20. The lowest BCUT2D eigenvalue weighted by Crippen LogP contribution is -2.47. The summed E-state index contributed by atoms with van der Waals surface area (Å²) in [5, 5.41) is 5.86. The fraction of sp³-hybridized carbons (Fsp3) is 0.581. The van der Waals surface area contributed by atoms with Crippen LogP contribution in [0.2, 0.25) is 38.3 Å². The Hall–Kier alpha value is -2.30. The first-order valence-corrected chi connectivity index (χ1v) is 20.6. The van der Waals surface area contributed by atoms with Crippen molar-refractivity contribution >= 4 is 44.2 Å². The van der Waals surface area contributed by atoms with E-state index in [4.69, 9.17) is 9.47 Å². The summed E-state index contributed by atoms with van der Waals surface area (Å²) < 4.78 is 11.0. The van der Waals surface area contributed by atoms with Crippen LogP contribution in [0, 0.1) is 0 Å². The molecule has 0 heterocycles. The minimum absolute atomic E-state index is 0.110. The molecule has 1 rings (SSSR count). The zero-order valence-electron chi connectivity index (χ0n) is 25.2. The van der Waals surface area contributed by atoms with Crippen LogP contribution in [0.4, 0.5) is 4.79 Å². The smallest absolute Gasteiger partial charge is 0.407 e. The number of nitrogens with one attached hydrogen (secondary N) is 1. The number of amides is 1. The fourth-order valence-electron chi connectivity index (χ4n) is 4.73. The molecule has 0 fully saturated rings. The van der Waals surface area contributed by atoms with Gasteiger partial charge in [-0.1, -0.05) is 99.4 Å². The van der Waals surface area contributed by atoms with Crippen LogP contribution in [0.3, 0.4) is 0 Å². The maximum Gasteiger partial charge on any atom is 0.407 e. The highest BCUT2D eigenvalue weighted by Gasteiger charge is 2.28. The molecule has 0 atom stereocenters. The molecule has 0 spiro atoms. The minimum atomic E-state index is -1.55. The van der Waals surface area contributed by atoms with Gasteiger partial charge < -0.3 is 14.8 Å². The first-order valence-electron chi connectivity index (χ1n) is 14.2. The summed E-state index contributed by atoms with van der Waals surface area (Å²) in [5.41, 5.74) is -0.752. The lowest BCUT2D eigenvalue weighted by Gasteiger charge is -2.30. The third kappa shape index (κ3) is 13.1. The summed E-state index contributed by atoms with van der Waals surface area (Å²) in [4.78, 5) is 35.8. The molecular formula is C31H51NO5Si2. The standard InChI is InChI=1S/C31H51NO5Si2/c1-9-24-38(5,6)28-13-15-29(16-14-28)39(7,8)25-12-21-36-22-23-37-30(35)32-31(4,19-17-26(33)10-2)20-18-27(34)11-3/h10-11,13-16H,2-3,9,12,17-25H2,1,4-8H3,(H,32,35). The van der Waals surface area contributed by atoms with E-state index in [1.165, 1.54) is 29.8 Å². The van der Waals surface area contributed by atoms with Crippen molar-refractivity contribution in [3.8, 4) is 0 Å². The van der Waals surface area contributed by atoms with Crippen molar-refractivity contribution in [2.24, 2.45) is 0 Å². The number of carbonyl (C=O) groups is 3. The predicted octanol–water partition coefficient (Wildman–Crippen LogP) is 5.89. The number of rotatable bonds is 20. The molecule has 0 saturated heterocycles. The van der Waals surface area contributed by atoms with Gasteiger partial charge in [0.25, 0.3) is 0 Å². The van der Waals surface area contributed by atoms with Crippen molar-refractivity contribution in [1.82, 2.24) is 5.32 Å². The van der Waals surface area contributed by atoms with Crippen LogP contribution in [0.15, 0.2) is 49.6 Å². The quantitative estimate of drug-likeness (QED) is 0.120. The number of ether oxygens (including phenoxy) is 2. The maximum absolute atomic E-state index is 12.4. The molecule has 1 aromatic carbocycles. The molecule has 6 nitrogen and oxygen atoms in total. The number of carbonyl (C=O) groups excluding carboxylic acids is 3. The molecule has 8 heteroatoms. The number of hydrogen-bond acceptors (Lipinski definition) is 5. The molecule has 0 bridgehead atoms. The van der Waals surface area contributed by atoms with Crippen LogP contribution < -0.4 is 15.7 Å². The van der Waals surface area contributed by atoms with Gasteiger partial charge >= 0.3 is 6.09 Å². The number of allylic oxidation sites excluding steroid dienone is 2. The van der Waals surface area contributed by atoms with Crippen molar-refractivity contribution in [1.29, 1.82) is 0 Å². The monoisotopic (exact) mass is 573 g/mol. The van der Waals surface area contributed by atoms with E-state index in [0.717, 1.165) is 12.5 Å². The molecule has 1 amide bonds. The van der Waals surface area contributed by atoms with Crippen LogP contribution in [0.1, 0.15) is 52.4 Å². The summed E-state index contributed by atoms with van der Waals surface area (Å²) >= 11 is 0. The maximum atomic E-state index is 12.4. The molecule has 0 aromatic heterocycles. The molecule has 0 unspecified atom stereocenters. The summed E-state index contributed by atoms with van der Waals surface area (Å²) in [7, 11) is -2.88. The Morgan fingerprint density at radius 1 is 0.846 bits per heavy atom. The summed E-state index contributed by atoms with van der Waals surface area (Å²) in [6, 6.07) is 11.9. The Morgan fingerprint density at radius 2 is 1.33 bits per heavy atom. The fourth-order valence-corrected chi connectivity index (χ4v) is 9.73. The van der Waals surface area contributed by atoms with Gasteiger partial charge in [0.15, 0.2) is 11.6 Å². The first-order chi connectivity index (χ1) is 18.3. The Kier molecular flexibility index (Phi) is 14.9. The Morgan fingerprint density at radius 3 is 1.79 bits per heavy atom. The lowest BCUT2D eigenvalue weighted by atomic mass is 9.88. The van der Waals surface area contributed by atoms with Crippen LogP contribution >= 0.6 is 0 Å². The highest BCUT2D eigenvalue weighted by molar-refractivity contribution is 6.91.